The molecule has 0 aliphatic carbocycles. The van der Waals surface area contributed by atoms with E-state index in [0.717, 1.165) is 12.8 Å². The van der Waals surface area contributed by atoms with Gasteiger partial charge in [-0.2, -0.15) is 4.98 Å². The Labute approximate surface area is 215 Å². The summed E-state index contributed by atoms with van der Waals surface area (Å²) in [6.45, 7) is 6.96. The number of aliphatic hydroxyl groups excluding tert-OH is 1. The van der Waals surface area contributed by atoms with Crippen LogP contribution in [0, 0.1) is 0 Å². The van der Waals surface area contributed by atoms with E-state index in [9.17, 15) is 9.59 Å². The van der Waals surface area contributed by atoms with E-state index in [1.807, 2.05) is 13.8 Å². The minimum absolute atomic E-state index is 0.147. The van der Waals surface area contributed by atoms with Gasteiger partial charge in [-0.15, -0.1) is 0 Å². The second-order valence-electron chi connectivity index (χ2n) is 10.5. The number of aliphatic hydroxyl groups is 1. The van der Waals surface area contributed by atoms with Gasteiger partial charge in [0.2, 0.25) is 11.8 Å². The minimum atomic E-state index is -0.665. The van der Waals surface area contributed by atoms with Crippen LogP contribution < -0.4 is 15.0 Å². The number of amides is 2. The third kappa shape index (κ3) is 5.33. The summed E-state index contributed by atoms with van der Waals surface area (Å²) in [7, 11) is 1.74. The lowest BCUT2D eigenvalue weighted by atomic mass is 10.1. The van der Waals surface area contributed by atoms with E-state index in [1.165, 1.54) is 0 Å². The highest BCUT2D eigenvalue weighted by Gasteiger charge is 2.39. The first-order chi connectivity index (χ1) is 17.6. The number of carbonyl (C=O) groups excluding carboxylic acids is 2. The number of morpholine rings is 1. The maximum Gasteiger partial charge on any atom is 0.411 e. The predicted octanol–water partition coefficient (Wildman–Crippen LogP) is 2.68. The molecule has 11 heteroatoms. The third-order valence-electron chi connectivity index (χ3n) is 6.71. The first kappa shape index (κ1) is 25.2. The number of hydrogen-bond acceptors (Lipinski definition) is 9. The molecule has 0 spiro atoms. The van der Waals surface area contributed by atoms with Gasteiger partial charge in [-0.3, -0.25) is 10.1 Å². The van der Waals surface area contributed by atoms with E-state index in [2.05, 4.69) is 10.2 Å². The van der Waals surface area contributed by atoms with Crippen molar-refractivity contribution in [1.82, 2.24) is 14.9 Å². The molecule has 2 amide bonds. The van der Waals surface area contributed by atoms with Crippen molar-refractivity contribution in [2.75, 3.05) is 43.5 Å². The van der Waals surface area contributed by atoms with Crippen LogP contribution in [0.15, 0.2) is 24.3 Å². The lowest BCUT2D eigenvalue weighted by molar-refractivity contribution is 0.0297. The second-order valence-corrected chi connectivity index (χ2v) is 10.5. The summed E-state index contributed by atoms with van der Waals surface area (Å²) in [5.41, 5.74) is 1.33. The van der Waals surface area contributed by atoms with Crippen molar-refractivity contribution >= 4 is 23.6 Å². The molecule has 0 saturated carbocycles. The number of hydrogen-bond donors (Lipinski definition) is 2. The molecule has 37 heavy (non-hydrogen) atoms. The summed E-state index contributed by atoms with van der Waals surface area (Å²) in [6, 6.07) is 6.98. The van der Waals surface area contributed by atoms with Gasteiger partial charge in [0, 0.05) is 31.4 Å². The molecule has 3 aliphatic heterocycles. The van der Waals surface area contributed by atoms with Crippen molar-refractivity contribution in [3.63, 3.8) is 0 Å². The Morgan fingerprint density at radius 3 is 2.54 bits per heavy atom. The van der Waals surface area contributed by atoms with Crippen LogP contribution in [0.25, 0.3) is 11.3 Å². The standard InChI is InChI=1S/C26H33N5O6/c1-15(13-32)35-25(34)27-17-7-5-16(6-8-17)21-20-22(37-26(2,3)14-30(4)23(20)33)29-24(28-21)31-11-18-9-10-19(12-31)36-18/h5-8,15,18-19,32H,9-14H2,1-4H3,(H,27,34)/t15-,18?,19?/m0/s1. The normalized spacial score (nSPS) is 23.1. The van der Waals surface area contributed by atoms with Crippen molar-refractivity contribution in [3.8, 4) is 17.1 Å². The van der Waals surface area contributed by atoms with E-state index in [1.54, 1.807) is 43.1 Å². The van der Waals surface area contributed by atoms with Crippen molar-refractivity contribution in [1.29, 1.82) is 0 Å². The fourth-order valence-electron chi connectivity index (χ4n) is 5.03. The number of nitrogens with zero attached hydrogens (tertiary/aromatic N) is 4. The highest BCUT2D eigenvalue weighted by molar-refractivity contribution is 6.02. The summed E-state index contributed by atoms with van der Waals surface area (Å²) >= 11 is 0. The minimum Gasteiger partial charge on any atom is -0.469 e. The van der Waals surface area contributed by atoms with Gasteiger partial charge in [-0.1, -0.05) is 12.1 Å². The van der Waals surface area contributed by atoms with Crippen molar-refractivity contribution in [2.24, 2.45) is 0 Å². The molecule has 2 unspecified atom stereocenters. The maximum atomic E-state index is 13.5. The highest BCUT2D eigenvalue weighted by Crippen LogP contribution is 2.37. The fraction of sp³-hybridized carbons (Fsp3) is 0.538. The second kappa shape index (κ2) is 9.79. The topological polar surface area (TPSA) is 126 Å². The zero-order valence-corrected chi connectivity index (χ0v) is 21.6. The number of fused-ring (bicyclic) bond motifs is 3. The van der Waals surface area contributed by atoms with Gasteiger partial charge in [0.1, 0.15) is 17.3 Å². The van der Waals surface area contributed by atoms with Crippen LogP contribution in [0.1, 0.15) is 44.0 Å². The van der Waals surface area contributed by atoms with Crippen LogP contribution in [0.5, 0.6) is 5.88 Å². The smallest absolute Gasteiger partial charge is 0.411 e. The molecule has 1 aromatic carbocycles. The maximum absolute atomic E-state index is 13.5. The molecular weight excluding hydrogens is 478 g/mol. The largest absolute Gasteiger partial charge is 0.469 e. The number of rotatable bonds is 5. The van der Waals surface area contributed by atoms with Gasteiger partial charge < -0.3 is 29.1 Å². The van der Waals surface area contributed by atoms with Crippen molar-refractivity contribution in [2.45, 2.75) is 57.5 Å². The molecular formula is C26H33N5O6. The summed E-state index contributed by atoms with van der Waals surface area (Å²) in [4.78, 5) is 38.9. The molecule has 4 heterocycles. The van der Waals surface area contributed by atoms with E-state index < -0.39 is 17.8 Å². The predicted molar refractivity (Wildman–Crippen MR) is 136 cm³/mol. The van der Waals surface area contributed by atoms with Gasteiger partial charge in [-0.05, 0) is 45.7 Å². The van der Waals surface area contributed by atoms with Gasteiger partial charge in [-0.25, -0.2) is 9.78 Å². The Hall–Kier alpha value is -3.44. The Bertz CT molecular complexity index is 1170. The average Bonchev–Trinajstić information content (AvgIpc) is 3.15. The Morgan fingerprint density at radius 2 is 1.89 bits per heavy atom. The first-order valence-electron chi connectivity index (χ1n) is 12.6. The van der Waals surface area contributed by atoms with E-state index in [0.29, 0.717) is 48.1 Å². The Morgan fingerprint density at radius 1 is 1.22 bits per heavy atom. The number of nitrogens with one attached hydrogen (secondary N) is 1. The van der Waals surface area contributed by atoms with Gasteiger partial charge >= 0.3 is 6.09 Å². The average molecular weight is 512 g/mol. The zero-order chi connectivity index (χ0) is 26.3. The summed E-state index contributed by atoms with van der Waals surface area (Å²) in [5, 5.41) is 11.7. The summed E-state index contributed by atoms with van der Waals surface area (Å²) in [6.07, 6.45) is 1.04. The Kier molecular flexibility index (Phi) is 6.67. The van der Waals surface area contributed by atoms with E-state index >= 15 is 0 Å². The molecule has 2 N–H and O–H groups in total. The Balaban J connectivity index is 1.52. The number of ether oxygens (including phenoxy) is 3. The molecule has 2 saturated heterocycles. The molecule has 1 aromatic heterocycles. The molecule has 2 fully saturated rings. The molecule has 2 aromatic rings. The van der Waals surface area contributed by atoms with Crippen molar-refractivity contribution in [3.05, 3.63) is 29.8 Å². The quantitative estimate of drug-likeness (QED) is 0.623. The summed E-state index contributed by atoms with van der Waals surface area (Å²) < 4.78 is 17.3. The van der Waals surface area contributed by atoms with E-state index in [4.69, 9.17) is 29.3 Å². The zero-order valence-electron chi connectivity index (χ0n) is 21.6. The van der Waals surface area contributed by atoms with Gasteiger partial charge in [0.05, 0.1) is 31.1 Å². The van der Waals surface area contributed by atoms with Crippen molar-refractivity contribution < 1.29 is 28.9 Å². The number of benzene rings is 1. The van der Waals surface area contributed by atoms with Crippen LogP contribution in [0.2, 0.25) is 0 Å². The molecule has 3 aliphatic rings. The lowest BCUT2D eigenvalue weighted by Crippen LogP contribution is -2.43. The fourth-order valence-corrected chi connectivity index (χ4v) is 5.03. The number of carbonyl (C=O) groups is 2. The molecule has 0 radical (unpaired) electrons. The van der Waals surface area contributed by atoms with Crippen LogP contribution in [0.4, 0.5) is 16.4 Å². The molecule has 2 bridgehead atoms. The first-order valence-corrected chi connectivity index (χ1v) is 12.6. The number of likely N-dealkylation sites (N-methyl/N-ethyl adjacent to an activating group) is 1. The summed E-state index contributed by atoms with van der Waals surface area (Å²) in [5.74, 6) is 0.556. The van der Waals surface area contributed by atoms with Crippen LogP contribution in [-0.2, 0) is 9.47 Å². The molecule has 3 atom stereocenters. The molecule has 198 valence electrons. The highest BCUT2D eigenvalue weighted by atomic mass is 16.6. The van der Waals surface area contributed by atoms with Crippen LogP contribution >= 0.6 is 0 Å². The molecule has 5 rings (SSSR count). The number of aromatic nitrogens is 2. The third-order valence-corrected chi connectivity index (χ3v) is 6.71. The lowest BCUT2D eigenvalue weighted by Gasteiger charge is -2.33. The molecule has 11 nitrogen and oxygen atoms in total. The SMILES string of the molecule is C[C@@H](CO)OC(=O)Nc1ccc(-c2nc(N3CC4CCC(C3)O4)nc3c2C(=O)N(C)CC(C)(C)O3)cc1. The van der Waals surface area contributed by atoms with Gasteiger partial charge in [0.15, 0.2) is 0 Å². The van der Waals surface area contributed by atoms with Crippen LogP contribution in [-0.4, -0.2) is 89.2 Å². The number of anilines is 2. The van der Waals surface area contributed by atoms with Gasteiger partial charge in [0.25, 0.3) is 5.91 Å². The van der Waals surface area contributed by atoms with Crippen LogP contribution in [0.3, 0.4) is 0 Å². The van der Waals surface area contributed by atoms with E-state index in [-0.39, 0.29) is 30.6 Å². The monoisotopic (exact) mass is 511 g/mol.